The van der Waals surface area contributed by atoms with Crippen LogP contribution in [0, 0.1) is 0 Å². The summed E-state index contributed by atoms with van der Waals surface area (Å²) in [5.74, 6) is 1.25. The van der Waals surface area contributed by atoms with Gasteiger partial charge in [0.05, 0.1) is 16.7 Å². The van der Waals surface area contributed by atoms with Gasteiger partial charge in [0.15, 0.2) is 0 Å². The van der Waals surface area contributed by atoms with E-state index in [0.717, 1.165) is 28.2 Å². The van der Waals surface area contributed by atoms with Gasteiger partial charge in [0.1, 0.15) is 22.0 Å². The third-order valence-electron chi connectivity index (χ3n) is 4.47. The summed E-state index contributed by atoms with van der Waals surface area (Å²) in [6, 6.07) is 7.41. The number of hydrogen-bond acceptors (Lipinski definition) is 6. The molecule has 7 heteroatoms. The molecule has 0 atom stereocenters. The summed E-state index contributed by atoms with van der Waals surface area (Å²) in [6.45, 7) is 0. The van der Waals surface area contributed by atoms with E-state index in [1.165, 1.54) is 22.2 Å². The second-order valence-corrected chi connectivity index (χ2v) is 8.08. The van der Waals surface area contributed by atoms with Crippen molar-refractivity contribution in [1.82, 2.24) is 19.9 Å². The largest absolute Gasteiger partial charge is 0.309 e. The minimum atomic E-state index is -0.0922. The highest BCUT2D eigenvalue weighted by Gasteiger charge is 2.21. The van der Waals surface area contributed by atoms with E-state index in [4.69, 9.17) is 0 Å². The minimum Gasteiger partial charge on any atom is -0.309 e. The predicted octanol–water partition coefficient (Wildman–Crippen LogP) is 3.71. The third-order valence-corrected chi connectivity index (χ3v) is 6.67. The van der Waals surface area contributed by atoms with Gasteiger partial charge in [-0.2, -0.15) is 0 Å². The zero-order valence-electron chi connectivity index (χ0n) is 13.3. The molecule has 25 heavy (non-hydrogen) atoms. The van der Waals surface area contributed by atoms with Crippen LogP contribution in [0.15, 0.2) is 40.4 Å². The predicted molar refractivity (Wildman–Crippen MR) is 101 cm³/mol. The SMILES string of the molecule is O=c1[nH]c(CSc2ncnc3sc4c(c23)CCC4)nc2ccccc12. The van der Waals surface area contributed by atoms with E-state index in [2.05, 4.69) is 19.9 Å². The molecule has 0 saturated carbocycles. The van der Waals surface area contributed by atoms with Gasteiger partial charge in [0, 0.05) is 10.3 Å². The van der Waals surface area contributed by atoms with E-state index in [0.29, 0.717) is 17.0 Å². The van der Waals surface area contributed by atoms with Crippen molar-refractivity contribution in [2.24, 2.45) is 0 Å². The molecule has 1 aromatic carbocycles. The average Bonchev–Trinajstić information content (AvgIpc) is 3.21. The topological polar surface area (TPSA) is 71.5 Å². The highest BCUT2D eigenvalue weighted by Crippen LogP contribution is 2.40. The first-order chi connectivity index (χ1) is 12.3. The van der Waals surface area contributed by atoms with Crippen LogP contribution in [0.3, 0.4) is 0 Å². The van der Waals surface area contributed by atoms with Gasteiger partial charge in [-0.25, -0.2) is 15.0 Å². The molecule has 0 unspecified atom stereocenters. The van der Waals surface area contributed by atoms with E-state index in [9.17, 15) is 4.79 Å². The molecule has 4 aromatic rings. The lowest BCUT2D eigenvalue weighted by atomic mass is 10.2. The van der Waals surface area contributed by atoms with E-state index in [1.807, 2.05) is 18.2 Å². The number of para-hydroxylation sites is 1. The molecule has 0 saturated heterocycles. The molecule has 5 nitrogen and oxygen atoms in total. The molecule has 0 spiro atoms. The van der Waals surface area contributed by atoms with Crippen LogP contribution in [0.5, 0.6) is 0 Å². The van der Waals surface area contributed by atoms with E-state index >= 15 is 0 Å². The van der Waals surface area contributed by atoms with Crippen molar-refractivity contribution in [3.05, 3.63) is 57.2 Å². The summed E-state index contributed by atoms with van der Waals surface area (Å²) in [6.07, 6.45) is 5.11. The number of aromatic amines is 1. The highest BCUT2D eigenvalue weighted by atomic mass is 32.2. The van der Waals surface area contributed by atoms with Crippen molar-refractivity contribution in [1.29, 1.82) is 0 Å². The lowest BCUT2D eigenvalue weighted by Gasteiger charge is -2.05. The van der Waals surface area contributed by atoms with Crippen LogP contribution in [0.2, 0.25) is 0 Å². The molecule has 0 bridgehead atoms. The zero-order valence-corrected chi connectivity index (χ0v) is 14.9. The fourth-order valence-electron chi connectivity index (χ4n) is 3.35. The Kier molecular flexibility index (Phi) is 3.57. The van der Waals surface area contributed by atoms with Gasteiger partial charge in [0.2, 0.25) is 0 Å². The number of hydrogen-bond donors (Lipinski definition) is 1. The maximum absolute atomic E-state index is 12.2. The van der Waals surface area contributed by atoms with E-state index in [1.54, 1.807) is 35.5 Å². The Bertz CT molecular complexity index is 1160. The first kappa shape index (κ1) is 15.0. The summed E-state index contributed by atoms with van der Waals surface area (Å²) < 4.78 is 0. The van der Waals surface area contributed by atoms with Crippen LogP contribution < -0.4 is 5.56 Å². The smallest absolute Gasteiger partial charge is 0.258 e. The Labute approximate surface area is 151 Å². The van der Waals surface area contributed by atoms with E-state index < -0.39 is 0 Å². The Morgan fingerprint density at radius 3 is 3.08 bits per heavy atom. The number of thioether (sulfide) groups is 1. The quantitative estimate of drug-likeness (QED) is 0.442. The number of aryl methyl sites for hydroxylation is 2. The Morgan fingerprint density at radius 1 is 1.20 bits per heavy atom. The molecule has 3 heterocycles. The third kappa shape index (κ3) is 2.54. The highest BCUT2D eigenvalue weighted by molar-refractivity contribution is 7.98. The van der Waals surface area contributed by atoms with Gasteiger partial charge < -0.3 is 4.98 Å². The normalized spacial score (nSPS) is 13.6. The molecule has 124 valence electrons. The van der Waals surface area contributed by atoms with E-state index in [-0.39, 0.29) is 5.56 Å². The summed E-state index contributed by atoms with van der Waals surface area (Å²) in [5, 5.41) is 2.81. The van der Waals surface area contributed by atoms with Gasteiger partial charge in [-0.05, 0) is 37.0 Å². The van der Waals surface area contributed by atoms with Crippen molar-refractivity contribution in [2.45, 2.75) is 30.0 Å². The average molecular weight is 366 g/mol. The van der Waals surface area contributed by atoms with Crippen LogP contribution in [-0.4, -0.2) is 19.9 Å². The molecule has 1 aliphatic carbocycles. The summed E-state index contributed by atoms with van der Waals surface area (Å²) in [5.41, 5.74) is 2.06. The molecule has 0 aliphatic heterocycles. The summed E-state index contributed by atoms with van der Waals surface area (Å²) in [7, 11) is 0. The molecule has 5 rings (SSSR count). The Morgan fingerprint density at radius 2 is 2.12 bits per heavy atom. The van der Waals surface area contributed by atoms with Crippen LogP contribution in [0.1, 0.15) is 22.7 Å². The molecule has 1 aliphatic rings. The molecule has 1 N–H and O–H groups in total. The molecule has 0 amide bonds. The van der Waals surface area contributed by atoms with Crippen LogP contribution in [0.25, 0.3) is 21.1 Å². The number of rotatable bonds is 3. The van der Waals surface area contributed by atoms with Gasteiger partial charge >= 0.3 is 0 Å². The van der Waals surface area contributed by atoms with Crippen LogP contribution >= 0.6 is 23.1 Å². The number of aromatic nitrogens is 4. The number of nitrogens with one attached hydrogen (secondary N) is 1. The summed E-state index contributed by atoms with van der Waals surface area (Å²) >= 11 is 3.40. The number of fused-ring (bicyclic) bond motifs is 4. The fraction of sp³-hybridized carbons (Fsp3) is 0.222. The van der Waals surface area contributed by atoms with Crippen molar-refractivity contribution in [3.63, 3.8) is 0 Å². The second-order valence-electron chi connectivity index (χ2n) is 6.03. The van der Waals surface area contributed by atoms with Gasteiger partial charge in [-0.1, -0.05) is 23.9 Å². The number of thiophene rings is 1. The van der Waals surface area contributed by atoms with Crippen molar-refractivity contribution in [3.8, 4) is 0 Å². The van der Waals surface area contributed by atoms with Crippen molar-refractivity contribution in [2.75, 3.05) is 0 Å². The maximum atomic E-state index is 12.2. The molecular formula is C18H14N4OS2. The number of nitrogens with zero attached hydrogens (tertiary/aromatic N) is 3. The van der Waals surface area contributed by atoms with Gasteiger partial charge in [-0.3, -0.25) is 4.79 Å². The monoisotopic (exact) mass is 366 g/mol. The fourth-order valence-corrected chi connectivity index (χ4v) is 5.54. The summed E-state index contributed by atoms with van der Waals surface area (Å²) in [4.78, 5) is 31.1. The lowest BCUT2D eigenvalue weighted by molar-refractivity contribution is 0.915. The maximum Gasteiger partial charge on any atom is 0.258 e. The minimum absolute atomic E-state index is 0.0922. The van der Waals surface area contributed by atoms with Gasteiger partial charge in [-0.15, -0.1) is 11.3 Å². The Balaban J connectivity index is 1.51. The Hall–Kier alpha value is -2.25. The van der Waals surface area contributed by atoms with Crippen LogP contribution in [-0.2, 0) is 18.6 Å². The molecule has 3 aromatic heterocycles. The molecule has 0 radical (unpaired) electrons. The molecule has 0 fully saturated rings. The number of H-pyrrole nitrogens is 1. The van der Waals surface area contributed by atoms with Crippen molar-refractivity contribution >= 4 is 44.2 Å². The first-order valence-electron chi connectivity index (χ1n) is 8.15. The number of benzene rings is 1. The first-order valence-corrected chi connectivity index (χ1v) is 9.96. The lowest BCUT2D eigenvalue weighted by Crippen LogP contribution is -2.11. The van der Waals surface area contributed by atoms with Gasteiger partial charge in [0.25, 0.3) is 5.56 Å². The van der Waals surface area contributed by atoms with Crippen LogP contribution in [0.4, 0.5) is 0 Å². The molecular weight excluding hydrogens is 352 g/mol. The zero-order chi connectivity index (χ0) is 16.8. The standard InChI is InChI=1S/C18H14N4OS2/c23-16-10-4-1-2-6-12(10)21-14(22-16)8-24-17-15-11-5-3-7-13(11)25-18(15)20-9-19-17/h1-2,4,6,9H,3,5,7-8H2,(H,21,22,23). The second kappa shape index (κ2) is 5.93. The van der Waals surface area contributed by atoms with Crippen molar-refractivity contribution < 1.29 is 0 Å².